The summed E-state index contributed by atoms with van der Waals surface area (Å²) in [6.45, 7) is 0.503. The SMILES string of the molecule is Clc1cccc(CNc2c(Cl)cccc2Cl)c1Cl. The Bertz CT molecular complexity index is 549. The van der Waals surface area contributed by atoms with Crippen molar-refractivity contribution in [1.82, 2.24) is 0 Å². The summed E-state index contributed by atoms with van der Waals surface area (Å²) in [4.78, 5) is 0. The predicted octanol–water partition coefficient (Wildman–Crippen LogP) is 5.91. The predicted molar refractivity (Wildman–Crippen MR) is 80.3 cm³/mol. The van der Waals surface area contributed by atoms with Gasteiger partial charge >= 0.3 is 0 Å². The smallest absolute Gasteiger partial charge is 0.0721 e. The average Bonchev–Trinajstić information content (AvgIpc) is 2.33. The van der Waals surface area contributed by atoms with Crippen LogP contribution >= 0.6 is 46.4 Å². The first-order chi connectivity index (χ1) is 8.59. The van der Waals surface area contributed by atoms with Gasteiger partial charge in [0.1, 0.15) is 0 Å². The summed E-state index contributed by atoms with van der Waals surface area (Å²) in [6, 6.07) is 10.8. The molecule has 0 heterocycles. The zero-order valence-corrected chi connectivity index (χ0v) is 12.2. The van der Waals surface area contributed by atoms with Crippen LogP contribution in [0.25, 0.3) is 0 Å². The molecule has 0 saturated carbocycles. The number of para-hydroxylation sites is 1. The molecular weight excluding hydrogens is 312 g/mol. The van der Waals surface area contributed by atoms with E-state index in [4.69, 9.17) is 46.4 Å². The number of benzene rings is 2. The van der Waals surface area contributed by atoms with Crippen molar-refractivity contribution >= 4 is 52.1 Å². The third-order valence-electron chi connectivity index (χ3n) is 2.45. The van der Waals surface area contributed by atoms with Crippen LogP contribution in [0.15, 0.2) is 36.4 Å². The summed E-state index contributed by atoms with van der Waals surface area (Å²) in [5.74, 6) is 0. The molecule has 0 unspecified atom stereocenters. The molecule has 0 bridgehead atoms. The summed E-state index contributed by atoms with van der Waals surface area (Å²) in [5, 5.41) is 5.36. The molecule has 2 aromatic rings. The molecule has 0 aromatic heterocycles. The Hall–Kier alpha value is -0.600. The third kappa shape index (κ3) is 3.04. The molecule has 1 nitrogen and oxygen atoms in total. The Kier molecular flexibility index (Phi) is 4.63. The quantitative estimate of drug-likeness (QED) is 0.741. The lowest BCUT2D eigenvalue weighted by atomic mass is 10.2. The second-order valence-electron chi connectivity index (χ2n) is 3.66. The Morgan fingerprint density at radius 1 is 0.778 bits per heavy atom. The molecule has 94 valence electrons. The van der Waals surface area contributed by atoms with E-state index in [2.05, 4.69) is 5.32 Å². The highest BCUT2D eigenvalue weighted by atomic mass is 35.5. The van der Waals surface area contributed by atoms with Gasteiger partial charge in [0, 0.05) is 6.54 Å². The highest BCUT2D eigenvalue weighted by molar-refractivity contribution is 6.42. The fourth-order valence-electron chi connectivity index (χ4n) is 1.54. The van der Waals surface area contributed by atoms with Crippen LogP contribution in [0.3, 0.4) is 0 Å². The number of anilines is 1. The Labute approximate surface area is 126 Å². The van der Waals surface area contributed by atoms with Gasteiger partial charge in [0.15, 0.2) is 0 Å². The van der Waals surface area contributed by atoms with E-state index in [1.165, 1.54) is 0 Å². The summed E-state index contributed by atoms with van der Waals surface area (Å²) < 4.78 is 0. The fraction of sp³-hybridized carbons (Fsp3) is 0.0769. The molecule has 0 spiro atoms. The number of hydrogen-bond donors (Lipinski definition) is 1. The van der Waals surface area contributed by atoms with Gasteiger partial charge in [0.2, 0.25) is 0 Å². The standard InChI is InChI=1S/C13H9Cl4N/c14-9-4-1-3-8(12(9)17)7-18-13-10(15)5-2-6-11(13)16/h1-6,18H,7H2. The maximum atomic E-state index is 6.10. The van der Waals surface area contributed by atoms with Crippen LogP contribution in [-0.4, -0.2) is 0 Å². The maximum absolute atomic E-state index is 6.10. The van der Waals surface area contributed by atoms with E-state index in [1.54, 1.807) is 24.3 Å². The molecule has 0 atom stereocenters. The summed E-state index contributed by atoms with van der Waals surface area (Å²) in [7, 11) is 0. The van der Waals surface area contributed by atoms with Crippen LogP contribution in [-0.2, 0) is 6.54 Å². The van der Waals surface area contributed by atoms with Gasteiger partial charge in [-0.3, -0.25) is 0 Å². The molecule has 5 heteroatoms. The van der Waals surface area contributed by atoms with Crippen molar-refractivity contribution in [2.45, 2.75) is 6.54 Å². The second-order valence-corrected chi connectivity index (χ2v) is 5.26. The molecule has 18 heavy (non-hydrogen) atoms. The highest BCUT2D eigenvalue weighted by Crippen LogP contribution is 2.31. The Morgan fingerprint density at radius 3 is 2.00 bits per heavy atom. The van der Waals surface area contributed by atoms with Gasteiger partial charge in [-0.2, -0.15) is 0 Å². The molecule has 1 N–H and O–H groups in total. The molecular formula is C13H9Cl4N. The zero-order valence-electron chi connectivity index (χ0n) is 9.18. The lowest BCUT2D eigenvalue weighted by Crippen LogP contribution is -2.01. The van der Waals surface area contributed by atoms with Crippen molar-refractivity contribution in [3.8, 4) is 0 Å². The third-order valence-corrected chi connectivity index (χ3v) is 3.94. The molecule has 2 rings (SSSR count). The first-order valence-corrected chi connectivity index (χ1v) is 6.71. The molecule has 0 saturated heterocycles. The van der Waals surface area contributed by atoms with Gasteiger partial charge in [0.05, 0.1) is 25.8 Å². The minimum atomic E-state index is 0.503. The molecule has 0 radical (unpaired) electrons. The van der Waals surface area contributed by atoms with Crippen molar-refractivity contribution in [2.75, 3.05) is 5.32 Å². The van der Waals surface area contributed by atoms with E-state index in [1.807, 2.05) is 12.1 Å². The second kappa shape index (κ2) is 6.03. The minimum Gasteiger partial charge on any atom is -0.378 e. The van der Waals surface area contributed by atoms with Gasteiger partial charge in [-0.1, -0.05) is 64.6 Å². The van der Waals surface area contributed by atoms with Gasteiger partial charge in [-0.15, -0.1) is 0 Å². The van der Waals surface area contributed by atoms with Crippen molar-refractivity contribution in [2.24, 2.45) is 0 Å². The number of rotatable bonds is 3. The van der Waals surface area contributed by atoms with Crippen LogP contribution in [0.4, 0.5) is 5.69 Å². The van der Waals surface area contributed by atoms with Gasteiger partial charge < -0.3 is 5.32 Å². The van der Waals surface area contributed by atoms with Crippen molar-refractivity contribution in [3.05, 3.63) is 62.1 Å². The molecule has 0 fully saturated rings. The highest BCUT2D eigenvalue weighted by Gasteiger charge is 2.07. The topological polar surface area (TPSA) is 12.0 Å². The average molecular weight is 321 g/mol. The Balaban J connectivity index is 2.19. The maximum Gasteiger partial charge on any atom is 0.0721 e. The number of halogens is 4. The van der Waals surface area contributed by atoms with Gasteiger partial charge in [0.25, 0.3) is 0 Å². The number of nitrogens with one attached hydrogen (secondary N) is 1. The molecule has 2 aromatic carbocycles. The van der Waals surface area contributed by atoms with Crippen LogP contribution in [0, 0.1) is 0 Å². The van der Waals surface area contributed by atoms with Crippen LogP contribution in [0.5, 0.6) is 0 Å². The van der Waals surface area contributed by atoms with Crippen LogP contribution in [0.2, 0.25) is 20.1 Å². The monoisotopic (exact) mass is 319 g/mol. The normalized spacial score (nSPS) is 10.4. The first-order valence-electron chi connectivity index (χ1n) is 5.20. The van der Waals surface area contributed by atoms with Gasteiger partial charge in [-0.05, 0) is 23.8 Å². The van der Waals surface area contributed by atoms with E-state index in [0.717, 1.165) is 5.56 Å². The lowest BCUT2D eigenvalue weighted by Gasteiger charge is -2.11. The first kappa shape index (κ1) is 13.8. The summed E-state index contributed by atoms with van der Waals surface area (Å²) >= 11 is 24.2. The number of hydrogen-bond acceptors (Lipinski definition) is 1. The zero-order chi connectivity index (χ0) is 13.1. The van der Waals surface area contributed by atoms with E-state index >= 15 is 0 Å². The van der Waals surface area contributed by atoms with Crippen molar-refractivity contribution in [3.63, 3.8) is 0 Å². The van der Waals surface area contributed by atoms with E-state index in [9.17, 15) is 0 Å². The van der Waals surface area contributed by atoms with Crippen molar-refractivity contribution < 1.29 is 0 Å². The minimum absolute atomic E-state index is 0.503. The van der Waals surface area contributed by atoms with E-state index < -0.39 is 0 Å². The van der Waals surface area contributed by atoms with Crippen molar-refractivity contribution in [1.29, 1.82) is 0 Å². The van der Waals surface area contributed by atoms with Gasteiger partial charge in [-0.25, -0.2) is 0 Å². The molecule has 0 aliphatic heterocycles. The van der Waals surface area contributed by atoms with E-state index in [0.29, 0.717) is 32.3 Å². The Morgan fingerprint density at radius 2 is 1.33 bits per heavy atom. The van der Waals surface area contributed by atoms with Crippen LogP contribution < -0.4 is 5.32 Å². The van der Waals surface area contributed by atoms with Crippen LogP contribution in [0.1, 0.15) is 5.56 Å². The molecule has 0 amide bonds. The molecule has 0 aliphatic rings. The molecule has 0 aliphatic carbocycles. The fourth-order valence-corrected chi connectivity index (χ4v) is 2.45. The summed E-state index contributed by atoms with van der Waals surface area (Å²) in [5.41, 5.74) is 1.58. The largest absolute Gasteiger partial charge is 0.378 e. The van der Waals surface area contributed by atoms with E-state index in [-0.39, 0.29) is 0 Å². The summed E-state index contributed by atoms with van der Waals surface area (Å²) in [6.07, 6.45) is 0. The lowest BCUT2D eigenvalue weighted by molar-refractivity contribution is 1.15.